The first-order chi connectivity index (χ1) is 9.24. The molecular formula is C14H12BrN3O. The first-order valence-electron chi connectivity index (χ1n) is 5.71. The molecule has 96 valence electrons. The number of hydrogen-bond acceptors (Lipinski definition) is 3. The Morgan fingerprint density at radius 1 is 1.26 bits per heavy atom. The molecule has 1 N–H and O–H groups in total. The number of nitrogens with zero attached hydrogens (tertiary/aromatic N) is 2. The van der Waals surface area contributed by atoms with Crippen molar-refractivity contribution in [3.05, 3.63) is 64.4 Å². The highest BCUT2D eigenvalue weighted by molar-refractivity contribution is 9.10. The second kappa shape index (κ2) is 6.80. The Hall–Kier alpha value is -2.01. The minimum absolute atomic E-state index is 0.158. The van der Waals surface area contributed by atoms with Crippen LogP contribution in [0.3, 0.4) is 0 Å². The number of nitrogens with one attached hydrogen (secondary N) is 1. The lowest BCUT2D eigenvalue weighted by Gasteiger charge is -2.00. The molecule has 0 saturated carbocycles. The summed E-state index contributed by atoms with van der Waals surface area (Å²) < 4.78 is 0.991. The predicted molar refractivity (Wildman–Crippen MR) is 77.8 cm³/mol. The van der Waals surface area contributed by atoms with Crippen molar-refractivity contribution in [2.24, 2.45) is 5.10 Å². The topological polar surface area (TPSA) is 54.4 Å². The summed E-state index contributed by atoms with van der Waals surface area (Å²) in [6, 6.07) is 13.1. The van der Waals surface area contributed by atoms with Crippen LogP contribution in [0.25, 0.3) is 0 Å². The van der Waals surface area contributed by atoms with Crippen molar-refractivity contribution in [3.63, 3.8) is 0 Å². The van der Waals surface area contributed by atoms with E-state index in [1.165, 1.54) is 6.21 Å². The van der Waals surface area contributed by atoms with E-state index >= 15 is 0 Å². The maximum atomic E-state index is 11.6. The van der Waals surface area contributed by atoms with E-state index in [1.807, 2.05) is 42.5 Å². The van der Waals surface area contributed by atoms with Crippen molar-refractivity contribution in [1.82, 2.24) is 10.4 Å². The molecule has 2 aromatic rings. The average molecular weight is 318 g/mol. The van der Waals surface area contributed by atoms with Crippen LogP contribution in [0.5, 0.6) is 0 Å². The Kier molecular flexibility index (Phi) is 4.80. The van der Waals surface area contributed by atoms with E-state index in [4.69, 9.17) is 0 Å². The molecule has 0 aliphatic carbocycles. The third-order valence-electron chi connectivity index (χ3n) is 2.35. The summed E-state index contributed by atoms with van der Waals surface area (Å²) in [6.07, 6.45) is 3.48. The molecule has 2 rings (SSSR count). The van der Waals surface area contributed by atoms with Crippen LogP contribution in [0.2, 0.25) is 0 Å². The minimum Gasteiger partial charge on any atom is -0.273 e. The van der Waals surface area contributed by atoms with E-state index in [0.29, 0.717) is 12.1 Å². The van der Waals surface area contributed by atoms with Gasteiger partial charge in [-0.2, -0.15) is 5.10 Å². The fourth-order valence-electron chi connectivity index (χ4n) is 1.45. The van der Waals surface area contributed by atoms with Gasteiger partial charge in [-0.1, -0.05) is 34.1 Å². The number of aromatic nitrogens is 1. The van der Waals surface area contributed by atoms with E-state index < -0.39 is 0 Å². The summed E-state index contributed by atoms with van der Waals surface area (Å²) in [5.41, 5.74) is 4.11. The van der Waals surface area contributed by atoms with Crippen LogP contribution in [0.15, 0.2) is 58.2 Å². The number of benzene rings is 1. The zero-order valence-corrected chi connectivity index (χ0v) is 11.7. The largest absolute Gasteiger partial charge is 0.273 e. The van der Waals surface area contributed by atoms with Gasteiger partial charge in [0.1, 0.15) is 0 Å². The van der Waals surface area contributed by atoms with Gasteiger partial charge in [-0.25, -0.2) is 5.43 Å². The molecule has 0 fully saturated rings. The zero-order valence-electron chi connectivity index (χ0n) is 10.1. The van der Waals surface area contributed by atoms with E-state index in [-0.39, 0.29) is 5.91 Å². The van der Waals surface area contributed by atoms with Gasteiger partial charge in [0.05, 0.1) is 18.3 Å². The number of carbonyl (C=O) groups excluding carboxylic acids is 1. The van der Waals surface area contributed by atoms with E-state index in [2.05, 4.69) is 31.4 Å². The van der Waals surface area contributed by atoms with E-state index in [0.717, 1.165) is 10.0 Å². The summed E-state index contributed by atoms with van der Waals surface area (Å²) in [7, 11) is 0. The lowest BCUT2D eigenvalue weighted by Crippen LogP contribution is -2.19. The predicted octanol–water partition coefficient (Wildman–Crippen LogP) is 2.54. The van der Waals surface area contributed by atoms with Crippen molar-refractivity contribution in [2.75, 3.05) is 0 Å². The lowest BCUT2D eigenvalue weighted by atomic mass is 10.1. The highest BCUT2D eigenvalue weighted by Gasteiger charge is 2.01. The molecule has 4 nitrogen and oxygen atoms in total. The molecule has 19 heavy (non-hydrogen) atoms. The van der Waals surface area contributed by atoms with Crippen molar-refractivity contribution in [1.29, 1.82) is 0 Å². The standard InChI is InChI=1S/C14H12BrN3O/c15-12-6-4-11(5-7-12)9-14(19)18-17-10-13-3-1-2-8-16-13/h1-8,10H,9H2,(H,18,19). The summed E-state index contributed by atoms with van der Waals surface area (Å²) in [4.78, 5) is 15.7. The van der Waals surface area contributed by atoms with Gasteiger partial charge in [0.15, 0.2) is 0 Å². The number of pyridine rings is 1. The SMILES string of the molecule is O=C(Cc1ccc(Br)cc1)NN=Cc1ccccn1. The molecule has 0 saturated heterocycles. The zero-order chi connectivity index (χ0) is 13.5. The summed E-state index contributed by atoms with van der Waals surface area (Å²) in [5.74, 6) is -0.158. The van der Waals surface area contributed by atoms with Gasteiger partial charge in [0.25, 0.3) is 0 Å². The Labute approximate surface area is 119 Å². The van der Waals surface area contributed by atoms with Crippen LogP contribution in [-0.4, -0.2) is 17.1 Å². The molecule has 0 aliphatic heterocycles. The van der Waals surface area contributed by atoms with Crippen LogP contribution in [0.1, 0.15) is 11.3 Å². The summed E-state index contributed by atoms with van der Waals surface area (Å²) in [6.45, 7) is 0. The number of carbonyl (C=O) groups is 1. The molecule has 0 spiro atoms. The highest BCUT2D eigenvalue weighted by Crippen LogP contribution is 2.10. The van der Waals surface area contributed by atoms with Crippen LogP contribution >= 0.6 is 15.9 Å². The van der Waals surface area contributed by atoms with Crippen molar-refractivity contribution >= 4 is 28.1 Å². The molecule has 0 radical (unpaired) electrons. The van der Waals surface area contributed by atoms with Gasteiger partial charge in [0, 0.05) is 10.7 Å². The maximum Gasteiger partial charge on any atom is 0.244 e. The Bertz CT molecular complexity index is 567. The smallest absolute Gasteiger partial charge is 0.244 e. The molecule has 0 bridgehead atoms. The van der Waals surface area contributed by atoms with Crippen LogP contribution in [-0.2, 0) is 11.2 Å². The number of hydrogen-bond donors (Lipinski definition) is 1. The monoisotopic (exact) mass is 317 g/mol. The van der Waals surface area contributed by atoms with Crippen molar-refractivity contribution < 1.29 is 4.79 Å². The molecule has 0 unspecified atom stereocenters. The molecular weight excluding hydrogens is 306 g/mol. The third-order valence-corrected chi connectivity index (χ3v) is 2.88. The quantitative estimate of drug-likeness (QED) is 0.696. The van der Waals surface area contributed by atoms with Gasteiger partial charge in [-0.05, 0) is 29.8 Å². The number of halogens is 1. The third kappa shape index (κ3) is 4.63. The first kappa shape index (κ1) is 13.4. The Morgan fingerprint density at radius 2 is 2.05 bits per heavy atom. The molecule has 1 heterocycles. The fraction of sp³-hybridized carbons (Fsp3) is 0.0714. The van der Waals surface area contributed by atoms with Crippen LogP contribution in [0, 0.1) is 0 Å². The number of amides is 1. The number of hydrazone groups is 1. The van der Waals surface area contributed by atoms with Gasteiger partial charge in [-0.3, -0.25) is 9.78 Å². The molecule has 0 atom stereocenters. The van der Waals surface area contributed by atoms with Crippen LogP contribution < -0.4 is 5.43 Å². The van der Waals surface area contributed by atoms with Gasteiger partial charge < -0.3 is 0 Å². The van der Waals surface area contributed by atoms with Crippen molar-refractivity contribution in [2.45, 2.75) is 6.42 Å². The first-order valence-corrected chi connectivity index (χ1v) is 6.51. The highest BCUT2D eigenvalue weighted by atomic mass is 79.9. The van der Waals surface area contributed by atoms with Gasteiger partial charge in [0.2, 0.25) is 5.91 Å². The molecule has 5 heteroatoms. The Balaban J connectivity index is 1.85. The van der Waals surface area contributed by atoms with Crippen molar-refractivity contribution in [3.8, 4) is 0 Å². The normalized spacial score (nSPS) is 10.6. The molecule has 1 aromatic heterocycles. The molecule has 0 aliphatic rings. The minimum atomic E-state index is -0.158. The van der Waals surface area contributed by atoms with Gasteiger partial charge >= 0.3 is 0 Å². The second-order valence-corrected chi connectivity index (χ2v) is 4.77. The second-order valence-electron chi connectivity index (χ2n) is 3.85. The average Bonchev–Trinajstić information content (AvgIpc) is 2.43. The molecule has 1 amide bonds. The Morgan fingerprint density at radius 3 is 2.74 bits per heavy atom. The van der Waals surface area contributed by atoms with E-state index in [9.17, 15) is 4.79 Å². The van der Waals surface area contributed by atoms with Gasteiger partial charge in [-0.15, -0.1) is 0 Å². The maximum absolute atomic E-state index is 11.6. The summed E-state index contributed by atoms with van der Waals surface area (Å²) >= 11 is 3.35. The van der Waals surface area contributed by atoms with Crippen LogP contribution in [0.4, 0.5) is 0 Å². The number of rotatable bonds is 4. The molecule has 1 aromatic carbocycles. The summed E-state index contributed by atoms with van der Waals surface area (Å²) in [5, 5.41) is 3.86. The van der Waals surface area contributed by atoms with E-state index in [1.54, 1.807) is 6.20 Å². The fourth-order valence-corrected chi connectivity index (χ4v) is 1.71. The lowest BCUT2D eigenvalue weighted by molar-refractivity contribution is -0.120.